The molecule has 4 rings (SSSR count). The first-order valence-electron chi connectivity index (χ1n) is 3.60. The van der Waals surface area contributed by atoms with Crippen molar-refractivity contribution in [1.82, 2.24) is 0 Å². The molecule has 0 N–H and O–H groups in total. The molecule has 3 spiro atoms. The Morgan fingerprint density at radius 2 is 0.923 bits per heavy atom. The molecule has 4 aliphatic heterocycles. The second-order valence-corrected chi connectivity index (χ2v) is 18.6. The molecule has 0 unspecified atom stereocenters. The monoisotopic (exact) mass is 320 g/mol. The smallest absolute Gasteiger partial charge is 0.111 e. The standard InChI is InChI=1S/C5H4S8/c1-6-3(7-1)10-5(11-3)12-4(13-5)8-2-9-4/h1-2H2. The first kappa shape index (κ1) is 9.79. The lowest BCUT2D eigenvalue weighted by Gasteiger charge is -2.66. The van der Waals surface area contributed by atoms with Crippen molar-refractivity contribution in [3.05, 3.63) is 0 Å². The predicted molar refractivity (Wildman–Crippen MR) is 78.7 cm³/mol. The second-order valence-electron chi connectivity index (χ2n) is 2.72. The quantitative estimate of drug-likeness (QED) is 0.624. The van der Waals surface area contributed by atoms with E-state index in [1.807, 2.05) is 0 Å². The Morgan fingerprint density at radius 3 is 1.15 bits per heavy atom. The van der Waals surface area contributed by atoms with Crippen LogP contribution in [0.2, 0.25) is 0 Å². The highest BCUT2D eigenvalue weighted by Crippen LogP contribution is 2.95. The van der Waals surface area contributed by atoms with Crippen molar-refractivity contribution in [1.29, 1.82) is 0 Å². The van der Waals surface area contributed by atoms with Crippen LogP contribution in [0.25, 0.3) is 0 Å². The van der Waals surface area contributed by atoms with Gasteiger partial charge in [-0.15, -0.1) is 47.0 Å². The lowest BCUT2D eigenvalue weighted by molar-refractivity contribution is 1.54. The average molecular weight is 321 g/mol. The molecule has 0 nitrogen and oxygen atoms in total. The van der Waals surface area contributed by atoms with Gasteiger partial charge >= 0.3 is 0 Å². The van der Waals surface area contributed by atoms with Gasteiger partial charge in [0, 0.05) is 10.2 Å². The van der Waals surface area contributed by atoms with Crippen LogP contribution in [-0.2, 0) is 0 Å². The van der Waals surface area contributed by atoms with E-state index in [-0.39, 0.29) is 0 Å². The molecule has 0 aromatic heterocycles. The molecule has 0 atom stereocenters. The summed E-state index contributed by atoms with van der Waals surface area (Å²) >= 11 is 17.2. The fourth-order valence-electron chi connectivity index (χ4n) is 1.26. The molecule has 4 saturated heterocycles. The van der Waals surface area contributed by atoms with Crippen molar-refractivity contribution in [2.45, 2.75) is 8.23 Å². The predicted octanol–water partition coefficient (Wildman–Crippen LogP) is 4.66. The van der Waals surface area contributed by atoms with E-state index in [0.29, 0.717) is 8.23 Å². The fourth-order valence-corrected chi connectivity index (χ4v) is 24.6. The first-order valence-corrected chi connectivity index (χ1v) is 10.8. The molecule has 4 aliphatic rings. The third-order valence-electron chi connectivity index (χ3n) is 1.94. The minimum absolute atomic E-state index is 0.501. The van der Waals surface area contributed by atoms with E-state index >= 15 is 0 Å². The summed E-state index contributed by atoms with van der Waals surface area (Å²) in [6.45, 7) is 0. The summed E-state index contributed by atoms with van der Waals surface area (Å²) in [7, 11) is 0. The third-order valence-corrected chi connectivity index (χ3v) is 17.5. The van der Waals surface area contributed by atoms with Gasteiger partial charge in [0.05, 0.1) is 0 Å². The molecule has 0 saturated carbocycles. The molecule has 0 aliphatic carbocycles. The minimum Gasteiger partial charge on any atom is -0.111 e. The van der Waals surface area contributed by atoms with Crippen LogP contribution in [0.15, 0.2) is 0 Å². The molecule has 4 fully saturated rings. The molecule has 0 aromatic carbocycles. The second kappa shape index (κ2) is 2.97. The van der Waals surface area contributed by atoms with Crippen LogP contribution in [0.1, 0.15) is 0 Å². The molecule has 13 heavy (non-hydrogen) atoms. The number of thioether (sulfide) groups is 8. The van der Waals surface area contributed by atoms with Gasteiger partial charge < -0.3 is 0 Å². The van der Waals surface area contributed by atoms with Gasteiger partial charge in [0.1, 0.15) is 0 Å². The van der Waals surface area contributed by atoms with Crippen LogP contribution in [0.5, 0.6) is 0 Å². The van der Waals surface area contributed by atoms with Crippen molar-refractivity contribution < 1.29 is 0 Å². The van der Waals surface area contributed by atoms with Gasteiger partial charge in [0.2, 0.25) is 0 Å². The maximum atomic E-state index is 2.19. The van der Waals surface area contributed by atoms with Crippen LogP contribution in [-0.4, -0.2) is 18.4 Å². The van der Waals surface area contributed by atoms with Gasteiger partial charge in [-0.25, -0.2) is 0 Å². The molecule has 0 amide bonds. The largest absolute Gasteiger partial charge is 0.165 e. The van der Waals surface area contributed by atoms with E-state index in [1.54, 1.807) is 0 Å². The topological polar surface area (TPSA) is 0 Å². The molecule has 0 aromatic rings. The van der Waals surface area contributed by atoms with E-state index in [4.69, 9.17) is 0 Å². The van der Waals surface area contributed by atoms with E-state index in [9.17, 15) is 0 Å². The van der Waals surface area contributed by atoms with Gasteiger partial charge in [-0.1, -0.05) is 47.0 Å². The summed E-state index contributed by atoms with van der Waals surface area (Å²) in [6.07, 6.45) is 0. The summed E-state index contributed by atoms with van der Waals surface area (Å²) < 4.78 is 1.56. The third kappa shape index (κ3) is 1.32. The molecule has 8 heteroatoms. The molecule has 0 radical (unpaired) electrons. The van der Waals surface area contributed by atoms with Gasteiger partial charge in [-0.3, -0.25) is 0 Å². The van der Waals surface area contributed by atoms with E-state index in [0.717, 1.165) is 0 Å². The average Bonchev–Trinajstić information content (AvgIpc) is 1.73. The summed E-state index contributed by atoms with van der Waals surface area (Å²) in [5.41, 5.74) is 0. The van der Waals surface area contributed by atoms with Crippen LogP contribution < -0.4 is 0 Å². The van der Waals surface area contributed by atoms with Gasteiger partial charge in [-0.2, -0.15) is 0 Å². The zero-order chi connectivity index (χ0) is 8.57. The van der Waals surface area contributed by atoms with E-state index in [2.05, 4.69) is 94.1 Å². The van der Waals surface area contributed by atoms with Gasteiger partial charge in [0.15, 0.2) is 8.23 Å². The van der Waals surface area contributed by atoms with Crippen LogP contribution in [0.4, 0.5) is 0 Å². The maximum Gasteiger partial charge on any atom is 0.165 e. The lowest BCUT2D eigenvalue weighted by atomic mass is 11.7. The maximum absolute atomic E-state index is 2.19. The Labute approximate surface area is 111 Å². The Kier molecular flexibility index (Phi) is 2.24. The Balaban J connectivity index is 1.43. The van der Waals surface area contributed by atoms with Crippen molar-refractivity contribution in [3.63, 3.8) is 0 Å². The van der Waals surface area contributed by atoms with Crippen molar-refractivity contribution in [2.24, 2.45) is 0 Å². The number of hydrogen-bond donors (Lipinski definition) is 0. The molecule has 0 bridgehead atoms. The number of hydrogen-bond acceptors (Lipinski definition) is 8. The van der Waals surface area contributed by atoms with Crippen molar-refractivity contribution in [3.8, 4) is 0 Å². The molecule has 4 heterocycles. The van der Waals surface area contributed by atoms with Crippen LogP contribution >= 0.6 is 94.1 Å². The Morgan fingerprint density at radius 1 is 0.538 bits per heavy atom. The van der Waals surface area contributed by atoms with Crippen molar-refractivity contribution in [2.75, 3.05) is 10.2 Å². The molecular weight excluding hydrogens is 317 g/mol. The van der Waals surface area contributed by atoms with Gasteiger partial charge in [-0.05, 0) is 0 Å². The van der Waals surface area contributed by atoms with Gasteiger partial charge in [0.25, 0.3) is 0 Å². The Bertz CT molecular complexity index is 220. The highest BCUT2D eigenvalue weighted by Gasteiger charge is 2.73. The summed E-state index contributed by atoms with van der Waals surface area (Å²) in [4.78, 5) is 0. The van der Waals surface area contributed by atoms with Crippen LogP contribution in [0, 0.1) is 0 Å². The highest BCUT2D eigenvalue weighted by molar-refractivity contribution is 8.79. The SMILES string of the molecule is C1SC2(S1)SC1(S2)SC2(SCS2)S1. The first-order chi connectivity index (χ1) is 6.24. The Hall–Kier alpha value is 2.80. The summed E-state index contributed by atoms with van der Waals surface area (Å²) in [6, 6.07) is 0. The number of rotatable bonds is 0. The van der Waals surface area contributed by atoms with E-state index < -0.39 is 0 Å². The molecular formula is C5H4S8. The van der Waals surface area contributed by atoms with E-state index in [1.165, 1.54) is 10.2 Å². The summed E-state index contributed by atoms with van der Waals surface area (Å²) in [5, 5.41) is 2.61. The zero-order valence-corrected chi connectivity index (χ0v) is 12.7. The molecule has 72 valence electrons. The minimum atomic E-state index is 0.501. The normalized spacial score (nSPS) is 40.6. The summed E-state index contributed by atoms with van der Waals surface area (Å²) in [5.74, 6) is 0. The van der Waals surface area contributed by atoms with Crippen LogP contribution in [0.3, 0.4) is 0 Å². The zero-order valence-electron chi connectivity index (χ0n) is 6.18. The fraction of sp³-hybridized carbons (Fsp3) is 1.00. The highest BCUT2D eigenvalue weighted by atomic mass is 32.4. The van der Waals surface area contributed by atoms with Crippen molar-refractivity contribution >= 4 is 94.1 Å². The lowest BCUT2D eigenvalue weighted by Crippen LogP contribution is -2.50.